The van der Waals surface area contributed by atoms with E-state index in [1.54, 1.807) is 12.4 Å². The highest BCUT2D eigenvalue weighted by molar-refractivity contribution is 7.21. The third kappa shape index (κ3) is 2.88. The molecule has 1 aliphatic carbocycles. The van der Waals surface area contributed by atoms with E-state index in [-0.39, 0.29) is 11.9 Å². The molecule has 1 fully saturated rings. The Morgan fingerprint density at radius 3 is 2.90 bits per heavy atom. The van der Waals surface area contributed by atoms with Gasteiger partial charge in [-0.05, 0) is 31.7 Å². The number of anilines is 1. The number of nitrogens with one attached hydrogen (secondary N) is 1. The van der Waals surface area contributed by atoms with Crippen LogP contribution in [0.25, 0.3) is 10.1 Å². The number of amides is 1. The molecule has 1 aliphatic rings. The van der Waals surface area contributed by atoms with Crippen molar-refractivity contribution in [1.29, 1.82) is 0 Å². The minimum absolute atomic E-state index is 0.0493. The van der Waals surface area contributed by atoms with Crippen molar-refractivity contribution in [3.05, 3.63) is 23.3 Å². The van der Waals surface area contributed by atoms with Crippen LogP contribution in [0.5, 0.6) is 0 Å². The van der Waals surface area contributed by atoms with Gasteiger partial charge in [0.1, 0.15) is 4.88 Å². The number of nitrogens with two attached hydrogens (primary N) is 1. The molecular weight excluding hydrogens is 282 g/mol. The van der Waals surface area contributed by atoms with E-state index in [2.05, 4.69) is 17.2 Å². The van der Waals surface area contributed by atoms with Crippen LogP contribution >= 0.6 is 11.3 Å². The van der Waals surface area contributed by atoms with Gasteiger partial charge in [-0.25, -0.2) is 0 Å². The van der Waals surface area contributed by atoms with Gasteiger partial charge in [0.25, 0.3) is 5.91 Å². The Hall–Kier alpha value is -1.62. The molecule has 3 rings (SSSR count). The van der Waals surface area contributed by atoms with Crippen molar-refractivity contribution < 1.29 is 4.79 Å². The van der Waals surface area contributed by atoms with E-state index in [4.69, 9.17) is 5.73 Å². The number of nitrogen functional groups attached to an aromatic ring is 1. The fourth-order valence-corrected chi connectivity index (χ4v) is 4.16. The van der Waals surface area contributed by atoms with Crippen LogP contribution in [0.4, 0.5) is 5.69 Å². The summed E-state index contributed by atoms with van der Waals surface area (Å²) in [5.41, 5.74) is 6.69. The van der Waals surface area contributed by atoms with Crippen LogP contribution < -0.4 is 11.1 Å². The van der Waals surface area contributed by atoms with E-state index in [9.17, 15) is 4.79 Å². The van der Waals surface area contributed by atoms with Crippen LogP contribution in [-0.4, -0.2) is 16.9 Å². The Balaban J connectivity index is 1.75. The molecule has 1 atom stereocenters. The standard InChI is InChI=1S/C16H21N3OS/c1-10(11-5-3-2-4-6-11)19-16(20)15-14(17)12-7-8-18-9-13(12)21-15/h7-11H,2-6,17H2,1H3,(H,19,20). The maximum atomic E-state index is 12.5. The minimum atomic E-state index is -0.0493. The van der Waals surface area contributed by atoms with Crippen molar-refractivity contribution in [3.8, 4) is 0 Å². The zero-order chi connectivity index (χ0) is 14.8. The van der Waals surface area contributed by atoms with E-state index >= 15 is 0 Å². The van der Waals surface area contributed by atoms with Crippen LogP contribution in [0.2, 0.25) is 0 Å². The van der Waals surface area contributed by atoms with Crippen molar-refractivity contribution in [2.24, 2.45) is 5.92 Å². The molecule has 112 valence electrons. The summed E-state index contributed by atoms with van der Waals surface area (Å²) in [6.45, 7) is 2.11. The fraction of sp³-hybridized carbons (Fsp3) is 0.500. The molecule has 0 radical (unpaired) electrons. The lowest BCUT2D eigenvalue weighted by atomic mass is 9.84. The average molecular weight is 303 g/mol. The van der Waals surface area contributed by atoms with Crippen LogP contribution in [-0.2, 0) is 0 Å². The van der Waals surface area contributed by atoms with E-state index in [1.165, 1.54) is 43.4 Å². The number of carbonyl (C=O) groups excluding carboxylic acids is 1. The monoisotopic (exact) mass is 303 g/mol. The Labute approximate surface area is 128 Å². The predicted octanol–water partition coefficient (Wildman–Crippen LogP) is 3.58. The SMILES string of the molecule is CC(NC(=O)c1sc2cnccc2c1N)C1CCCCC1. The van der Waals surface area contributed by atoms with Crippen molar-refractivity contribution in [1.82, 2.24) is 10.3 Å². The van der Waals surface area contributed by atoms with Crippen molar-refractivity contribution >= 4 is 33.0 Å². The smallest absolute Gasteiger partial charge is 0.263 e. The summed E-state index contributed by atoms with van der Waals surface area (Å²) in [5, 5.41) is 4.06. The van der Waals surface area contributed by atoms with Gasteiger partial charge in [-0.2, -0.15) is 0 Å². The van der Waals surface area contributed by atoms with Crippen LogP contribution in [0, 0.1) is 5.92 Å². The quantitative estimate of drug-likeness (QED) is 0.910. The highest BCUT2D eigenvalue weighted by Gasteiger charge is 2.24. The zero-order valence-electron chi connectivity index (χ0n) is 12.3. The first-order chi connectivity index (χ1) is 10.2. The molecule has 0 spiro atoms. The van der Waals surface area contributed by atoms with Crippen molar-refractivity contribution in [2.75, 3.05) is 5.73 Å². The second-order valence-electron chi connectivity index (χ2n) is 5.88. The molecule has 0 aromatic carbocycles. The number of nitrogens with zero attached hydrogens (tertiary/aromatic N) is 1. The first-order valence-corrected chi connectivity index (χ1v) is 8.41. The predicted molar refractivity (Wildman–Crippen MR) is 87.5 cm³/mol. The van der Waals surface area contributed by atoms with E-state index in [0.717, 1.165) is 10.1 Å². The lowest BCUT2D eigenvalue weighted by Gasteiger charge is -2.28. The van der Waals surface area contributed by atoms with Gasteiger partial charge in [0.2, 0.25) is 0 Å². The average Bonchev–Trinajstić information content (AvgIpc) is 2.86. The largest absolute Gasteiger partial charge is 0.397 e. The number of pyridine rings is 1. The highest BCUT2D eigenvalue weighted by atomic mass is 32.1. The third-order valence-electron chi connectivity index (χ3n) is 4.45. The molecule has 2 aromatic heterocycles. The Kier molecular flexibility index (Phi) is 4.10. The number of hydrogen-bond acceptors (Lipinski definition) is 4. The molecule has 2 aromatic rings. The fourth-order valence-electron chi connectivity index (χ4n) is 3.16. The summed E-state index contributed by atoms with van der Waals surface area (Å²) in [6.07, 6.45) is 9.78. The molecule has 0 bridgehead atoms. The minimum Gasteiger partial charge on any atom is -0.397 e. The van der Waals surface area contributed by atoms with Crippen LogP contribution in [0.15, 0.2) is 18.5 Å². The van der Waals surface area contributed by atoms with Crippen molar-refractivity contribution in [2.45, 2.75) is 45.1 Å². The molecule has 2 heterocycles. The molecule has 0 aliphatic heterocycles. The second kappa shape index (κ2) is 6.02. The zero-order valence-corrected chi connectivity index (χ0v) is 13.1. The molecule has 5 heteroatoms. The summed E-state index contributed by atoms with van der Waals surface area (Å²) in [4.78, 5) is 17.2. The Morgan fingerprint density at radius 1 is 1.43 bits per heavy atom. The first-order valence-electron chi connectivity index (χ1n) is 7.59. The molecule has 0 saturated heterocycles. The van der Waals surface area contributed by atoms with Gasteiger partial charge in [-0.15, -0.1) is 11.3 Å². The number of fused-ring (bicyclic) bond motifs is 1. The first kappa shape index (κ1) is 14.3. The van der Waals surface area contributed by atoms with E-state index in [0.29, 0.717) is 16.5 Å². The normalized spacial score (nSPS) is 17.8. The lowest BCUT2D eigenvalue weighted by molar-refractivity contribution is 0.0924. The summed E-state index contributed by atoms with van der Waals surface area (Å²) < 4.78 is 0.963. The van der Waals surface area contributed by atoms with Gasteiger partial charge < -0.3 is 11.1 Å². The summed E-state index contributed by atoms with van der Waals surface area (Å²) in [5.74, 6) is 0.548. The van der Waals surface area contributed by atoms with E-state index < -0.39 is 0 Å². The molecule has 1 saturated carbocycles. The Bertz CT molecular complexity index is 646. The van der Waals surface area contributed by atoms with Gasteiger partial charge in [0.15, 0.2) is 0 Å². The Morgan fingerprint density at radius 2 is 2.19 bits per heavy atom. The molecular formula is C16H21N3OS. The number of rotatable bonds is 3. The maximum absolute atomic E-state index is 12.5. The van der Waals surface area contributed by atoms with E-state index in [1.807, 2.05) is 6.07 Å². The molecule has 21 heavy (non-hydrogen) atoms. The third-order valence-corrected chi connectivity index (χ3v) is 5.61. The van der Waals surface area contributed by atoms with Gasteiger partial charge in [-0.3, -0.25) is 9.78 Å². The lowest BCUT2D eigenvalue weighted by Crippen LogP contribution is -2.38. The number of hydrogen-bond donors (Lipinski definition) is 2. The van der Waals surface area contributed by atoms with Crippen LogP contribution in [0.1, 0.15) is 48.7 Å². The number of thiophene rings is 1. The van der Waals surface area contributed by atoms with Gasteiger partial charge in [-0.1, -0.05) is 19.3 Å². The summed E-state index contributed by atoms with van der Waals surface area (Å²) >= 11 is 1.42. The molecule has 4 nitrogen and oxygen atoms in total. The highest BCUT2D eigenvalue weighted by Crippen LogP contribution is 2.33. The summed E-state index contributed by atoms with van der Waals surface area (Å²) in [7, 11) is 0. The van der Waals surface area contributed by atoms with Gasteiger partial charge in [0.05, 0.1) is 10.4 Å². The topological polar surface area (TPSA) is 68.0 Å². The molecule has 1 unspecified atom stereocenters. The molecule has 3 N–H and O–H groups in total. The maximum Gasteiger partial charge on any atom is 0.263 e. The van der Waals surface area contributed by atoms with Crippen LogP contribution in [0.3, 0.4) is 0 Å². The van der Waals surface area contributed by atoms with Gasteiger partial charge in [0, 0.05) is 23.8 Å². The summed E-state index contributed by atoms with van der Waals surface area (Å²) in [6, 6.07) is 2.07. The molecule has 1 amide bonds. The van der Waals surface area contributed by atoms with Crippen molar-refractivity contribution in [3.63, 3.8) is 0 Å². The number of carbonyl (C=O) groups is 1. The second-order valence-corrected chi connectivity index (χ2v) is 6.93. The van der Waals surface area contributed by atoms with Gasteiger partial charge >= 0.3 is 0 Å². The number of aromatic nitrogens is 1.